The van der Waals surface area contributed by atoms with Crippen molar-refractivity contribution in [3.63, 3.8) is 0 Å². The Morgan fingerprint density at radius 2 is 2.17 bits per heavy atom. The summed E-state index contributed by atoms with van der Waals surface area (Å²) in [6.07, 6.45) is 0.644. The van der Waals surface area contributed by atoms with Gasteiger partial charge in [-0.15, -0.1) is 11.3 Å². The topological polar surface area (TPSA) is 76.4 Å². The average molecular weight is 285 g/mol. The van der Waals surface area contributed by atoms with E-state index in [1.54, 1.807) is 17.5 Å². The van der Waals surface area contributed by atoms with Crippen molar-refractivity contribution in [2.45, 2.75) is 17.6 Å². The molecule has 2 aromatic heterocycles. The predicted octanol–water partition coefficient (Wildman–Crippen LogP) is 2.02. The van der Waals surface area contributed by atoms with Crippen molar-refractivity contribution in [3.05, 3.63) is 41.2 Å². The third-order valence-electron chi connectivity index (χ3n) is 2.22. The first-order valence-corrected chi connectivity index (χ1v) is 7.58. The van der Waals surface area contributed by atoms with E-state index in [-0.39, 0.29) is 9.97 Å². The van der Waals surface area contributed by atoms with E-state index in [1.165, 1.54) is 12.1 Å². The Morgan fingerprint density at radius 1 is 1.39 bits per heavy atom. The maximum Gasteiger partial charge on any atom is 0.300 e. The number of amides is 1. The molecule has 0 bridgehead atoms. The van der Waals surface area contributed by atoms with Crippen molar-refractivity contribution in [1.82, 2.24) is 4.72 Å². The highest BCUT2D eigenvalue weighted by molar-refractivity contribution is 7.92. The van der Waals surface area contributed by atoms with Crippen molar-refractivity contribution in [3.8, 4) is 0 Å². The van der Waals surface area contributed by atoms with E-state index in [9.17, 15) is 13.2 Å². The first-order chi connectivity index (χ1) is 8.53. The van der Waals surface area contributed by atoms with Crippen LogP contribution >= 0.6 is 11.3 Å². The lowest BCUT2D eigenvalue weighted by Crippen LogP contribution is -2.29. The highest BCUT2D eigenvalue weighted by atomic mass is 32.2. The molecule has 0 aliphatic rings. The van der Waals surface area contributed by atoms with E-state index in [4.69, 9.17) is 4.42 Å². The number of thiophene rings is 1. The van der Waals surface area contributed by atoms with Crippen LogP contribution in [0.15, 0.2) is 38.3 Å². The van der Waals surface area contributed by atoms with E-state index in [0.29, 0.717) is 12.2 Å². The zero-order valence-corrected chi connectivity index (χ0v) is 11.2. The molecule has 0 aliphatic carbocycles. The number of carbonyl (C=O) groups excluding carboxylic acids is 1. The maximum atomic E-state index is 11.8. The first-order valence-electron chi connectivity index (χ1n) is 5.22. The molecule has 0 aliphatic heterocycles. The summed E-state index contributed by atoms with van der Waals surface area (Å²) < 4.78 is 30.8. The van der Waals surface area contributed by atoms with Gasteiger partial charge in [-0.1, -0.05) is 13.0 Å². The molecular weight excluding hydrogens is 274 g/mol. The third-order valence-corrected chi connectivity index (χ3v) is 4.95. The molecule has 2 aromatic rings. The van der Waals surface area contributed by atoms with Crippen LogP contribution in [0.4, 0.5) is 0 Å². The minimum Gasteiger partial charge on any atom is -0.456 e. The smallest absolute Gasteiger partial charge is 0.300 e. The summed E-state index contributed by atoms with van der Waals surface area (Å²) in [4.78, 5) is 11.7. The Kier molecular flexibility index (Phi) is 3.53. The number of hydrogen-bond donors (Lipinski definition) is 1. The van der Waals surface area contributed by atoms with Gasteiger partial charge < -0.3 is 4.42 Å². The lowest BCUT2D eigenvalue weighted by Gasteiger charge is -2.02. The molecule has 7 heteroatoms. The molecule has 18 heavy (non-hydrogen) atoms. The molecule has 0 aromatic carbocycles. The predicted molar refractivity (Wildman–Crippen MR) is 67.1 cm³/mol. The summed E-state index contributed by atoms with van der Waals surface area (Å²) in [6, 6.07) is 6.14. The van der Waals surface area contributed by atoms with E-state index in [2.05, 4.69) is 0 Å². The lowest BCUT2D eigenvalue weighted by atomic mass is 10.3. The Bertz CT molecular complexity index is 640. The minimum absolute atomic E-state index is 0.00742. The zero-order chi connectivity index (χ0) is 13.2. The number of rotatable bonds is 4. The second-order valence-electron chi connectivity index (χ2n) is 3.49. The summed E-state index contributed by atoms with van der Waals surface area (Å²) in [5.74, 6) is -0.135. The number of carbonyl (C=O) groups is 1. The standard InChI is InChI=1S/C11H11NO4S2/c1-2-8-5-6-9(16-8)11(13)12-18(14,15)10-4-3-7-17-10/h3-7H,2H2,1H3,(H,12,13). The average Bonchev–Trinajstić information content (AvgIpc) is 3.00. The number of sulfonamides is 1. The lowest BCUT2D eigenvalue weighted by molar-refractivity contribution is 0.0953. The summed E-state index contributed by atoms with van der Waals surface area (Å²) in [5, 5.41) is 1.63. The Hall–Kier alpha value is -1.60. The molecular formula is C11H11NO4S2. The van der Waals surface area contributed by atoms with Crippen molar-refractivity contribution in [1.29, 1.82) is 0 Å². The SMILES string of the molecule is CCc1ccc(C(=O)NS(=O)(=O)c2cccs2)o1. The van der Waals surface area contributed by atoms with Gasteiger partial charge >= 0.3 is 5.91 Å². The van der Waals surface area contributed by atoms with Crippen LogP contribution in [0, 0.1) is 0 Å². The molecule has 0 fully saturated rings. The van der Waals surface area contributed by atoms with E-state index in [1.807, 2.05) is 11.6 Å². The second-order valence-corrected chi connectivity index (χ2v) is 6.34. The molecule has 0 saturated carbocycles. The van der Waals surface area contributed by atoms with Gasteiger partial charge in [-0.2, -0.15) is 0 Å². The maximum absolute atomic E-state index is 11.8. The van der Waals surface area contributed by atoms with Gasteiger partial charge in [-0.25, -0.2) is 13.1 Å². The monoisotopic (exact) mass is 285 g/mol. The Balaban J connectivity index is 2.17. The van der Waals surface area contributed by atoms with Crippen LogP contribution in [-0.2, 0) is 16.4 Å². The van der Waals surface area contributed by atoms with Crippen LogP contribution in [0.25, 0.3) is 0 Å². The zero-order valence-electron chi connectivity index (χ0n) is 9.54. The van der Waals surface area contributed by atoms with Gasteiger partial charge in [0.1, 0.15) is 9.97 Å². The third kappa shape index (κ3) is 2.62. The fourth-order valence-electron chi connectivity index (χ4n) is 1.33. The fourth-order valence-corrected chi connectivity index (χ4v) is 3.28. The normalized spacial score (nSPS) is 11.4. The van der Waals surface area contributed by atoms with Crippen molar-refractivity contribution in [2.75, 3.05) is 0 Å². The molecule has 2 rings (SSSR count). The van der Waals surface area contributed by atoms with Crippen molar-refractivity contribution < 1.29 is 17.6 Å². The molecule has 5 nitrogen and oxygen atoms in total. The summed E-state index contributed by atoms with van der Waals surface area (Å²) in [6.45, 7) is 1.88. The van der Waals surface area contributed by atoms with Crippen LogP contribution in [0.5, 0.6) is 0 Å². The molecule has 0 unspecified atom stereocenters. The van der Waals surface area contributed by atoms with Gasteiger partial charge in [0.15, 0.2) is 5.76 Å². The molecule has 1 N–H and O–H groups in total. The van der Waals surface area contributed by atoms with Gasteiger partial charge in [-0.3, -0.25) is 4.79 Å². The summed E-state index contributed by atoms with van der Waals surface area (Å²) in [5.41, 5.74) is 0. The number of nitrogens with one attached hydrogen (secondary N) is 1. The van der Waals surface area contributed by atoms with Crippen molar-refractivity contribution in [2.24, 2.45) is 0 Å². The van der Waals surface area contributed by atoms with E-state index >= 15 is 0 Å². The number of aryl methyl sites for hydroxylation is 1. The van der Waals surface area contributed by atoms with Crippen LogP contribution in [0.2, 0.25) is 0 Å². The quantitative estimate of drug-likeness (QED) is 0.932. The Morgan fingerprint density at radius 3 is 2.72 bits per heavy atom. The first kappa shape index (κ1) is 12.8. The molecule has 0 radical (unpaired) electrons. The molecule has 1 amide bonds. The van der Waals surface area contributed by atoms with Crippen LogP contribution in [-0.4, -0.2) is 14.3 Å². The van der Waals surface area contributed by atoms with Gasteiger partial charge in [-0.05, 0) is 23.6 Å². The van der Waals surface area contributed by atoms with Crippen molar-refractivity contribution >= 4 is 27.3 Å². The Labute approximate surface area is 108 Å². The van der Waals surface area contributed by atoms with Crippen LogP contribution < -0.4 is 4.72 Å². The molecule has 0 saturated heterocycles. The number of hydrogen-bond acceptors (Lipinski definition) is 5. The van der Waals surface area contributed by atoms with Gasteiger partial charge in [0.05, 0.1) is 0 Å². The van der Waals surface area contributed by atoms with Gasteiger partial charge in [0.25, 0.3) is 10.0 Å². The van der Waals surface area contributed by atoms with E-state index < -0.39 is 15.9 Å². The highest BCUT2D eigenvalue weighted by Gasteiger charge is 2.21. The van der Waals surface area contributed by atoms with Crippen LogP contribution in [0.3, 0.4) is 0 Å². The highest BCUT2D eigenvalue weighted by Crippen LogP contribution is 2.16. The number of furan rings is 1. The molecule has 0 atom stereocenters. The van der Waals surface area contributed by atoms with E-state index in [0.717, 1.165) is 11.3 Å². The fraction of sp³-hybridized carbons (Fsp3) is 0.182. The second kappa shape index (κ2) is 4.95. The molecule has 96 valence electrons. The largest absolute Gasteiger partial charge is 0.456 e. The summed E-state index contributed by atoms with van der Waals surface area (Å²) >= 11 is 1.04. The van der Waals surface area contributed by atoms with Crippen LogP contribution in [0.1, 0.15) is 23.2 Å². The minimum atomic E-state index is -3.80. The summed E-state index contributed by atoms with van der Waals surface area (Å²) in [7, 11) is -3.80. The van der Waals surface area contributed by atoms with Gasteiger partial charge in [0, 0.05) is 6.42 Å². The van der Waals surface area contributed by atoms with Gasteiger partial charge in [0.2, 0.25) is 0 Å². The molecule has 2 heterocycles. The molecule has 0 spiro atoms.